The van der Waals surface area contributed by atoms with E-state index in [9.17, 15) is 9.59 Å². The fourth-order valence-corrected chi connectivity index (χ4v) is 2.07. The summed E-state index contributed by atoms with van der Waals surface area (Å²) < 4.78 is 0.913. The molecule has 4 nitrogen and oxygen atoms in total. The normalized spacial score (nSPS) is 10.1. The number of nitrogens with one attached hydrogen (secondary N) is 1. The van der Waals surface area contributed by atoms with Gasteiger partial charge in [0.25, 0.3) is 5.91 Å². The lowest BCUT2D eigenvalue weighted by Crippen LogP contribution is -2.13. The minimum atomic E-state index is -1.01. The summed E-state index contributed by atoms with van der Waals surface area (Å²) in [6.07, 6.45) is 0. The predicted octanol–water partition coefficient (Wildman–Crippen LogP) is 3.71. The minimum absolute atomic E-state index is 0.153. The Morgan fingerprint density at radius 1 is 1.05 bits per heavy atom. The van der Waals surface area contributed by atoms with Gasteiger partial charge in [0.15, 0.2) is 0 Å². The molecule has 0 bridgehead atoms. The number of hydrogen-bond acceptors (Lipinski definition) is 2. The molecule has 0 aliphatic carbocycles. The zero-order chi connectivity index (χ0) is 14.7. The van der Waals surface area contributed by atoms with Crippen LogP contribution in [0.15, 0.2) is 46.9 Å². The van der Waals surface area contributed by atoms with Crippen LogP contribution in [0.4, 0.5) is 5.69 Å². The van der Waals surface area contributed by atoms with Crippen molar-refractivity contribution in [2.45, 2.75) is 6.92 Å². The Balaban J connectivity index is 2.20. The number of carboxylic acid groups (broad SMARTS) is 1. The molecule has 0 aromatic heterocycles. The average Bonchev–Trinajstić information content (AvgIpc) is 2.44. The molecule has 0 radical (unpaired) electrons. The van der Waals surface area contributed by atoms with E-state index in [1.54, 1.807) is 0 Å². The Labute approximate surface area is 124 Å². The van der Waals surface area contributed by atoms with Crippen LogP contribution in [0.1, 0.15) is 26.3 Å². The molecule has 2 aromatic rings. The summed E-state index contributed by atoms with van der Waals surface area (Å²) in [4.78, 5) is 22.8. The van der Waals surface area contributed by atoms with Gasteiger partial charge in [0.05, 0.1) is 5.56 Å². The van der Waals surface area contributed by atoms with Crippen molar-refractivity contribution in [1.82, 2.24) is 0 Å². The van der Waals surface area contributed by atoms with Crippen LogP contribution in [0.25, 0.3) is 0 Å². The van der Waals surface area contributed by atoms with Crippen LogP contribution < -0.4 is 5.32 Å². The van der Waals surface area contributed by atoms with Crippen molar-refractivity contribution in [2.75, 3.05) is 5.32 Å². The van der Waals surface area contributed by atoms with Crippen molar-refractivity contribution in [1.29, 1.82) is 0 Å². The zero-order valence-electron chi connectivity index (χ0n) is 10.7. The molecule has 0 saturated carbocycles. The maximum Gasteiger partial charge on any atom is 0.335 e. The number of carboxylic acids is 1. The summed E-state index contributed by atoms with van der Waals surface area (Å²) in [7, 11) is 0. The van der Waals surface area contributed by atoms with Crippen LogP contribution in [0.2, 0.25) is 0 Å². The van der Waals surface area contributed by atoms with Gasteiger partial charge in [0.2, 0.25) is 0 Å². The number of aromatic carboxylic acids is 1. The number of halogens is 1. The molecule has 0 spiro atoms. The van der Waals surface area contributed by atoms with Gasteiger partial charge < -0.3 is 10.4 Å². The van der Waals surface area contributed by atoms with Crippen molar-refractivity contribution in [3.8, 4) is 0 Å². The van der Waals surface area contributed by atoms with E-state index in [1.807, 2.05) is 25.1 Å². The first kappa shape index (κ1) is 14.3. The molecule has 0 aliphatic rings. The van der Waals surface area contributed by atoms with Gasteiger partial charge in [-0.3, -0.25) is 4.79 Å². The van der Waals surface area contributed by atoms with Crippen LogP contribution in [0, 0.1) is 6.92 Å². The van der Waals surface area contributed by atoms with E-state index in [-0.39, 0.29) is 11.5 Å². The maximum absolute atomic E-state index is 12.1. The Morgan fingerprint density at radius 2 is 1.65 bits per heavy atom. The highest BCUT2D eigenvalue weighted by atomic mass is 79.9. The van der Waals surface area contributed by atoms with E-state index < -0.39 is 5.97 Å². The SMILES string of the molecule is Cc1c(Br)cccc1NC(=O)c1ccc(C(=O)O)cc1. The second kappa shape index (κ2) is 5.88. The fraction of sp³-hybridized carbons (Fsp3) is 0.0667. The van der Waals surface area contributed by atoms with E-state index >= 15 is 0 Å². The van der Waals surface area contributed by atoms with Gasteiger partial charge in [-0.25, -0.2) is 4.79 Å². The molecule has 0 aliphatic heterocycles. The first-order valence-corrected chi connectivity index (χ1v) is 6.68. The zero-order valence-corrected chi connectivity index (χ0v) is 12.3. The summed E-state index contributed by atoms with van der Waals surface area (Å²) in [5.74, 6) is -1.29. The smallest absolute Gasteiger partial charge is 0.335 e. The molecule has 102 valence electrons. The third-order valence-electron chi connectivity index (χ3n) is 2.91. The van der Waals surface area contributed by atoms with Crippen LogP contribution >= 0.6 is 15.9 Å². The van der Waals surface area contributed by atoms with Gasteiger partial charge in [-0.15, -0.1) is 0 Å². The fourth-order valence-electron chi connectivity index (χ4n) is 1.70. The minimum Gasteiger partial charge on any atom is -0.478 e. The molecule has 0 heterocycles. The van der Waals surface area contributed by atoms with E-state index in [4.69, 9.17) is 5.11 Å². The van der Waals surface area contributed by atoms with E-state index in [2.05, 4.69) is 21.2 Å². The maximum atomic E-state index is 12.1. The molecule has 5 heteroatoms. The number of amides is 1. The largest absolute Gasteiger partial charge is 0.478 e. The lowest BCUT2D eigenvalue weighted by molar-refractivity contribution is 0.0696. The molecule has 0 unspecified atom stereocenters. The van der Waals surface area contributed by atoms with Crippen LogP contribution in [0.3, 0.4) is 0 Å². The molecule has 0 atom stereocenters. The summed E-state index contributed by atoms with van der Waals surface area (Å²) in [5, 5.41) is 11.6. The van der Waals surface area contributed by atoms with Crippen LogP contribution in [-0.2, 0) is 0 Å². The highest BCUT2D eigenvalue weighted by Crippen LogP contribution is 2.23. The van der Waals surface area contributed by atoms with Crippen LogP contribution in [0.5, 0.6) is 0 Å². The van der Waals surface area contributed by atoms with E-state index in [1.165, 1.54) is 24.3 Å². The van der Waals surface area contributed by atoms with Crippen LogP contribution in [-0.4, -0.2) is 17.0 Å². The van der Waals surface area contributed by atoms with Crippen molar-refractivity contribution in [3.05, 3.63) is 63.6 Å². The Bertz CT molecular complexity index is 665. The second-order valence-corrected chi connectivity index (χ2v) is 5.10. The van der Waals surface area contributed by atoms with Gasteiger partial charge in [0, 0.05) is 15.7 Å². The first-order valence-electron chi connectivity index (χ1n) is 5.89. The van der Waals surface area contributed by atoms with Crippen molar-refractivity contribution in [2.24, 2.45) is 0 Å². The molecular weight excluding hydrogens is 322 g/mol. The highest BCUT2D eigenvalue weighted by molar-refractivity contribution is 9.10. The topological polar surface area (TPSA) is 66.4 Å². The van der Waals surface area contributed by atoms with Crippen molar-refractivity contribution >= 4 is 33.5 Å². The van der Waals surface area contributed by atoms with Crippen molar-refractivity contribution in [3.63, 3.8) is 0 Å². The lowest BCUT2D eigenvalue weighted by atomic mass is 10.1. The molecule has 20 heavy (non-hydrogen) atoms. The van der Waals surface area contributed by atoms with Crippen molar-refractivity contribution < 1.29 is 14.7 Å². The third kappa shape index (κ3) is 3.05. The monoisotopic (exact) mass is 333 g/mol. The average molecular weight is 334 g/mol. The second-order valence-electron chi connectivity index (χ2n) is 4.25. The predicted molar refractivity (Wildman–Crippen MR) is 80.2 cm³/mol. The quantitative estimate of drug-likeness (QED) is 0.899. The number of anilines is 1. The first-order chi connectivity index (χ1) is 9.49. The number of benzene rings is 2. The Hall–Kier alpha value is -2.14. The van der Waals surface area contributed by atoms with E-state index in [0.717, 1.165) is 10.0 Å². The highest BCUT2D eigenvalue weighted by Gasteiger charge is 2.10. The standard InChI is InChI=1S/C15H12BrNO3/c1-9-12(16)3-2-4-13(9)17-14(18)10-5-7-11(8-6-10)15(19)20/h2-8H,1H3,(H,17,18)(H,19,20). The number of hydrogen-bond donors (Lipinski definition) is 2. The van der Waals surface area contributed by atoms with Gasteiger partial charge >= 0.3 is 5.97 Å². The number of carbonyl (C=O) groups excluding carboxylic acids is 1. The molecule has 2 rings (SSSR count). The molecule has 2 N–H and O–H groups in total. The van der Waals surface area contributed by atoms with Gasteiger partial charge in [-0.2, -0.15) is 0 Å². The molecule has 1 amide bonds. The van der Waals surface area contributed by atoms with Gasteiger partial charge in [-0.1, -0.05) is 22.0 Å². The van der Waals surface area contributed by atoms with Gasteiger partial charge in [-0.05, 0) is 48.9 Å². The molecule has 0 saturated heterocycles. The van der Waals surface area contributed by atoms with Gasteiger partial charge in [0.1, 0.15) is 0 Å². The summed E-state index contributed by atoms with van der Waals surface area (Å²) in [5.41, 5.74) is 2.21. The molecule has 0 fully saturated rings. The lowest BCUT2D eigenvalue weighted by Gasteiger charge is -2.09. The number of rotatable bonds is 3. The summed E-state index contributed by atoms with van der Waals surface area (Å²) in [6.45, 7) is 1.90. The summed E-state index contributed by atoms with van der Waals surface area (Å²) in [6, 6.07) is 11.3. The molecular formula is C15H12BrNO3. The van der Waals surface area contributed by atoms with E-state index in [0.29, 0.717) is 11.3 Å². The molecule has 2 aromatic carbocycles. The Kier molecular flexibility index (Phi) is 4.20. The summed E-state index contributed by atoms with van der Waals surface area (Å²) >= 11 is 3.40. The third-order valence-corrected chi connectivity index (χ3v) is 3.77. The Morgan fingerprint density at radius 3 is 2.25 bits per heavy atom. The number of carbonyl (C=O) groups is 2.